The Hall–Kier alpha value is -0.620. The molecule has 0 aromatic heterocycles. The van der Waals surface area contributed by atoms with Crippen LogP contribution in [0.4, 0.5) is 0 Å². The Morgan fingerprint density at radius 3 is 2.25 bits per heavy atom. The number of carbonyl (C=O) groups is 1. The monoisotopic (exact) mass is 246 g/mol. The van der Waals surface area contributed by atoms with E-state index in [-0.39, 0.29) is 23.3 Å². The molecule has 2 aliphatic rings. The standard InChI is InChI=1S/C10H18N2O3S/c1-10(11,8-2-3-8)9(13)12-4-6-16(14,15)7-5-12/h8H,2-7,11H2,1H3. The third-order valence-corrected chi connectivity index (χ3v) is 5.13. The molecule has 92 valence electrons. The molecular weight excluding hydrogens is 228 g/mol. The number of rotatable bonds is 2. The van der Waals surface area contributed by atoms with Gasteiger partial charge in [-0.3, -0.25) is 4.79 Å². The topological polar surface area (TPSA) is 80.5 Å². The van der Waals surface area contributed by atoms with Crippen molar-refractivity contribution in [2.45, 2.75) is 25.3 Å². The van der Waals surface area contributed by atoms with Gasteiger partial charge in [-0.1, -0.05) is 0 Å². The highest BCUT2D eigenvalue weighted by Crippen LogP contribution is 2.39. The first-order chi connectivity index (χ1) is 7.33. The van der Waals surface area contributed by atoms with Crippen LogP contribution in [0.15, 0.2) is 0 Å². The summed E-state index contributed by atoms with van der Waals surface area (Å²) in [6, 6.07) is 0. The van der Waals surface area contributed by atoms with Crippen molar-refractivity contribution in [2.75, 3.05) is 24.6 Å². The second-order valence-electron chi connectivity index (χ2n) is 5.00. The molecular formula is C10H18N2O3S. The van der Waals surface area contributed by atoms with Gasteiger partial charge in [-0.25, -0.2) is 8.42 Å². The zero-order chi connectivity index (χ0) is 12.0. The normalized spacial score (nSPS) is 28.5. The largest absolute Gasteiger partial charge is 0.339 e. The quantitative estimate of drug-likeness (QED) is 0.703. The molecule has 1 saturated carbocycles. The molecule has 0 aromatic rings. The Labute approximate surface area is 95.9 Å². The van der Waals surface area contributed by atoms with E-state index in [0.717, 1.165) is 12.8 Å². The molecule has 1 unspecified atom stereocenters. The smallest absolute Gasteiger partial charge is 0.242 e. The van der Waals surface area contributed by atoms with Crippen molar-refractivity contribution >= 4 is 15.7 Å². The molecule has 2 fully saturated rings. The number of hydrogen-bond donors (Lipinski definition) is 1. The van der Waals surface area contributed by atoms with Gasteiger partial charge in [0.1, 0.15) is 0 Å². The second-order valence-corrected chi connectivity index (χ2v) is 7.30. The molecule has 1 heterocycles. The molecule has 0 bridgehead atoms. The van der Waals surface area contributed by atoms with Crippen LogP contribution in [0.5, 0.6) is 0 Å². The van der Waals surface area contributed by atoms with E-state index in [1.807, 2.05) is 0 Å². The fraction of sp³-hybridized carbons (Fsp3) is 0.900. The first kappa shape index (κ1) is 11.9. The molecule has 2 rings (SSSR count). The fourth-order valence-electron chi connectivity index (χ4n) is 2.11. The fourth-order valence-corrected chi connectivity index (χ4v) is 3.32. The van der Waals surface area contributed by atoms with Crippen LogP contribution in [-0.4, -0.2) is 49.4 Å². The number of nitrogens with two attached hydrogens (primary N) is 1. The van der Waals surface area contributed by atoms with Crippen LogP contribution in [-0.2, 0) is 14.6 Å². The van der Waals surface area contributed by atoms with Crippen LogP contribution >= 0.6 is 0 Å². The Morgan fingerprint density at radius 2 is 1.81 bits per heavy atom. The highest BCUT2D eigenvalue weighted by atomic mass is 32.2. The van der Waals surface area contributed by atoms with E-state index in [1.54, 1.807) is 11.8 Å². The van der Waals surface area contributed by atoms with Crippen LogP contribution in [0.1, 0.15) is 19.8 Å². The summed E-state index contributed by atoms with van der Waals surface area (Å²) in [4.78, 5) is 13.7. The Bertz CT molecular complexity index is 384. The average molecular weight is 246 g/mol. The van der Waals surface area contributed by atoms with Crippen LogP contribution in [0.25, 0.3) is 0 Å². The van der Waals surface area contributed by atoms with Gasteiger partial charge < -0.3 is 10.6 Å². The van der Waals surface area contributed by atoms with Crippen molar-refractivity contribution in [3.8, 4) is 0 Å². The van der Waals surface area contributed by atoms with Crippen molar-refractivity contribution in [3.63, 3.8) is 0 Å². The third kappa shape index (κ3) is 2.22. The van der Waals surface area contributed by atoms with Gasteiger partial charge in [0.25, 0.3) is 0 Å². The Morgan fingerprint density at radius 1 is 1.31 bits per heavy atom. The van der Waals surface area contributed by atoms with Crippen molar-refractivity contribution in [1.29, 1.82) is 0 Å². The van der Waals surface area contributed by atoms with E-state index in [1.165, 1.54) is 0 Å². The van der Waals surface area contributed by atoms with Gasteiger partial charge in [0.05, 0.1) is 17.0 Å². The molecule has 0 radical (unpaired) electrons. The third-order valence-electron chi connectivity index (χ3n) is 3.52. The number of sulfone groups is 1. The van der Waals surface area contributed by atoms with Crippen molar-refractivity contribution < 1.29 is 13.2 Å². The first-order valence-electron chi connectivity index (χ1n) is 5.61. The zero-order valence-corrected chi connectivity index (χ0v) is 10.3. The predicted octanol–water partition coefficient (Wildman–Crippen LogP) is -0.629. The number of nitrogens with zero attached hydrogens (tertiary/aromatic N) is 1. The maximum absolute atomic E-state index is 12.1. The molecule has 1 atom stereocenters. The zero-order valence-electron chi connectivity index (χ0n) is 9.48. The highest BCUT2D eigenvalue weighted by Gasteiger charge is 2.46. The van der Waals surface area contributed by atoms with Crippen LogP contribution in [0.2, 0.25) is 0 Å². The van der Waals surface area contributed by atoms with E-state index < -0.39 is 15.4 Å². The van der Waals surface area contributed by atoms with E-state index in [0.29, 0.717) is 13.1 Å². The van der Waals surface area contributed by atoms with Gasteiger partial charge in [-0.2, -0.15) is 0 Å². The van der Waals surface area contributed by atoms with Gasteiger partial charge in [0.15, 0.2) is 9.84 Å². The molecule has 2 N–H and O–H groups in total. The van der Waals surface area contributed by atoms with E-state index in [9.17, 15) is 13.2 Å². The molecule has 1 amide bonds. The summed E-state index contributed by atoms with van der Waals surface area (Å²) >= 11 is 0. The lowest BCUT2D eigenvalue weighted by Gasteiger charge is -2.34. The van der Waals surface area contributed by atoms with E-state index in [2.05, 4.69) is 0 Å². The molecule has 16 heavy (non-hydrogen) atoms. The minimum absolute atomic E-state index is 0.0689. The summed E-state index contributed by atoms with van der Waals surface area (Å²) in [6.45, 7) is 2.34. The minimum atomic E-state index is -2.93. The maximum atomic E-state index is 12.1. The van der Waals surface area contributed by atoms with Crippen molar-refractivity contribution in [2.24, 2.45) is 11.7 Å². The molecule has 0 spiro atoms. The maximum Gasteiger partial charge on any atom is 0.242 e. The lowest BCUT2D eigenvalue weighted by molar-refractivity contribution is -0.136. The molecule has 1 saturated heterocycles. The summed E-state index contributed by atoms with van der Waals surface area (Å²) in [7, 11) is -2.93. The number of amides is 1. The number of carbonyl (C=O) groups excluding carboxylic acids is 1. The SMILES string of the molecule is CC(N)(C(=O)N1CCS(=O)(=O)CC1)C1CC1. The lowest BCUT2D eigenvalue weighted by Crippen LogP contribution is -2.57. The minimum Gasteiger partial charge on any atom is -0.339 e. The average Bonchev–Trinajstić information content (AvgIpc) is 3.00. The summed E-state index contributed by atoms with van der Waals surface area (Å²) in [6.07, 6.45) is 2.01. The molecule has 1 aliphatic carbocycles. The molecule has 0 aromatic carbocycles. The molecule has 6 heteroatoms. The van der Waals surface area contributed by atoms with Crippen LogP contribution < -0.4 is 5.73 Å². The van der Waals surface area contributed by atoms with Gasteiger partial charge in [0, 0.05) is 13.1 Å². The first-order valence-corrected chi connectivity index (χ1v) is 7.44. The van der Waals surface area contributed by atoms with Crippen molar-refractivity contribution in [1.82, 2.24) is 4.90 Å². The lowest BCUT2D eigenvalue weighted by atomic mass is 9.95. The molecule has 5 nitrogen and oxygen atoms in total. The summed E-state index contributed by atoms with van der Waals surface area (Å²) in [5.74, 6) is 0.322. The van der Waals surface area contributed by atoms with E-state index >= 15 is 0 Å². The van der Waals surface area contributed by atoms with E-state index in [4.69, 9.17) is 5.73 Å². The highest BCUT2D eigenvalue weighted by molar-refractivity contribution is 7.91. The van der Waals surface area contributed by atoms with Crippen LogP contribution in [0.3, 0.4) is 0 Å². The van der Waals surface area contributed by atoms with Crippen LogP contribution in [0, 0.1) is 5.92 Å². The Balaban J connectivity index is 2.01. The summed E-state index contributed by atoms with van der Waals surface area (Å²) in [5, 5.41) is 0. The van der Waals surface area contributed by atoms with Gasteiger partial charge >= 0.3 is 0 Å². The molecule has 1 aliphatic heterocycles. The predicted molar refractivity (Wildman–Crippen MR) is 60.6 cm³/mol. The van der Waals surface area contributed by atoms with Crippen molar-refractivity contribution in [3.05, 3.63) is 0 Å². The Kier molecular flexibility index (Phi) is 2.74. The van der Waals surface area contributed by atoms with Gasteiger partial charge in [-0.15, -0.1) is 0 Å². The van der Waals surface area contributed by atoms with Gasteiger partial charge in [0.2, 0.25) is 5.91 Å². The second kappa shape index (κ2) is 3.70. The summed E-state index contributed by atoms with van der Waals surface area (Å²) in [5.41, 5.74) is 5.22. The van der Waals surface area contributed by atoms with Gasteiger partial charge in [-0.05, 0) is 25.7 Å². The number of hydrogen-bond acceptors (Lipinski definition) is 4. The summed E-state index contributed by atoms with van der Waals surface area (Å²) < 4.78 is 22.5.